The molecule has 3 amide bonds. The van der Waals surface area contributed by atoms with Crippen LogP contribution in [0.3, 0.4) is 0 Å². The lowest BCUT2D eigenvalue weighted by atomic mass is 10.1. The standard InChI is InChI=1S/C16H21N3O2/c1-18-9-10-19(8-7-15(18)20)16(21)17-14-11-13(14)12-5-3-2-4-6-12/h2-6,13-14H,7-11H2,1H3,(H,17,21)/t13-,14+/m0/s1. The molecule has 1 N–H and O–H groups in total. The molecule has 0 unspecified atom stereocenters. The molecular formula is C16H21N3O2. The quantitative estimate of drug-likeness (QED) is 0.894. The summed E-state index contributed by atoms with van der Waals surface area (Å²) in [6.07, 6.45) is 1.42. The summed E-state index contributed by atoms with van der Waals surface area (Å²) in [5, 5.41) is 3.09. The van der Waals surface area contributed by atoms with Crippen LogP contribution in [0.15, 0.2) is 30.3 Å². The van der Waals surface area contributed by atoms with Gasteiger partial charge in [0.1, 0.15) is 0 Å². The minimum absolute atomic E-state index is 0.0402. The highest BCUT2D eigenvalue weighted by Crippen LogP contribution is 2.40. The predicted molar refractivity (Wildman–Crippen MR) is 79.9 cm³/mol. The predicted octanol–water partition coefficient (Wildman–Crippen LogP) is 1.42. The number of carbonyl (C=O) groups is 2. The molecule has 0 radical (unpaired) electrons. The van der Waals surface area contributed by atoms with E-state index in [9.17, 15) is 9.59 Å². The van der Waals surface area contributed by atoms with Crippen LogP contribution in [0.5, 0.6) is 0 Å². The van der Waals surface area contributed by atoms with E-state index in [-0.39, 0.29) is 18.0 Å². The molecule has 2 fully saturated rings. The zero-order chi connectivity index (χ0) is 14.8. The van der Waals surface area contributed by atoms with Crippen molar-refractivity contribution in [3.05, 3.63) is 35.9 Å². The number of nitrogens with one attached hydrogen (secondary N) is 1. The largest absolute Gasteiger partial charge is 0.344 e. The van der Waals surface area contributed by atoms with Crippen LogP contribution < -0.4 is 5.32 Å². The van der Waals surface area contributed by atoms with E-state index in [4.69, 9.17) is 0 Å². The third kappa shape index (κ3) is 3.17. The average Bonchev–Trinajstić information content (AvgIpc) is 3.27. The SMILES string of the molecule is CN1CCN(C(=O)N[C@@H]2C[C@H]2c2ccccc2)CCC1=O. The van der Waals surface area contributed by atoms with Gasteiger partial charge in [-0.2, -0.15) is 0 Å². The summed E-state index contributed by atoms with van der Waals surface area (Å²) in [5.74, 6) is 0.547. The van der Waals surface area contributed by atoms with Gasteiger partial charge in [-0.15, -0.1) is 0 Å². The Labute approximate surface area is 124 Å². The van der Waals surface area contributed by atoms with Crippen molar-refractivity contribution in [1.29, 1.82) is 0 Å². The second kappa shape index (κ2) is 5.76. The summed E-state index contributed by atoms with van der Waals surface area (Å²) >= 11 is 0. The van der Waals surface area contributed by atoms with Gasteiger partial charge >= 0.3 is 6.03 Å². The first-order chi connectivity index (χ1) is 10.1. The van der Waals surface area contributed by atoms with Gasteiger partial charge in [-0.3, -0.25) is 4.79 Å². The van der Waals surface area contributed by atoms with Gasteiger partial charge in [0, 0.05) is 45.1 Å². The number of benzene rings is 1. The third-order valence-electron chi connectivity index (χ3n) is 4.34. The molecule has 0 spiro atoms. The second-order valence-corrected chi connectivity index (χ2v) is 5.86. The molecule has 0 aromatic heterocycles. The van der Waals surface area contributed by atoms with Crippen molar-refractivity contribution in [3.8, 4) is 0 Å². The number of nitrogens with zero attached hydrogens (tertiary/aromatic N) is 2. The van der Waals surface area contributed by atoms with Gasteiger partial charge in [0.25, 0.3) is 0 Å². The molecule has 1 aromatic rings. The number of rotatable bonds is 2. The zero-order valence-corrected chi connectivity index (χ0v) is 12.3. The number of amides is 3. The van der Waals surface area contributed by atoms with E-state index in [0.717, 1.165) is 6.42 Å². The van der Waals surface area contributed by atoms with Gasteiger partial charge in [0.05, 0.1) is 0 Å². The molecule has 5 nitrogen and oxygen atoms in total. The van der Waals surface area contributed by atoms with E-state index in [1.54, 1.807) is 16.8 Å². The molecule has 1 aliphatic carbocycles. The van der Waals surface area contributed by atoms with Crippen LogP contribution >= 0.6 is 0 Å². The fourth-order valence-electron chi connectivity index (χ4n) is 2.80. The molecule has 1 aliphatic heterocycles. The van der Waals surface area contributed by atoms with Gasteiger partial charge in [-0.1, -0.05) is 30.3 Å². The van der Waals surface area contributed by atoms with Crippen molar-refractivity contribution in [2.24, 2.45) is 0 Å². The maximum absolute atomic E-state index is 12.3. The smallest absolute Gasteiger partial charge is 0.317 e. The summed E-state index contributed by atoms with van der Waals surface area (Å²) in [6.45, 7) is 1.73. The van der Waals surface area contributed by atoms with E-state index in [1.807, 2.05) is 18.2 Å². The van der Waals surface area contributed by atoms with Crippen molar-refractivity contribution in [2.75, 3.05) is 26.7 Å². The highest BCUT2D eigenvalue weighted by atomic mass is 16.2. The molecule has 2 atom stereocenters. The number of urea groups is 1. The molecule has 112 valence electrons. The van der Waals surface area contributed by atoms with Crippen molar-refractivity contribution >= 4 is 11.9 Å². The molecular weight excluding hydrogens is 266 g/mol. The van der Waals surface area contributed by atoms with Crippen LogP contribution in [0, 0.1) is 0 Å². The summed E-state index contributed by atoms with van der Waals surface area (Å²) in [6, 6.07) is 10.5. The van der Waals surface area contributed by atoms with E-state index >= 15 is 0 Å². The van der Waals surface area contributed by atoms with Gasteiger partial charge in [-0.05, 0) is 12.0 Å². The number of hydrogen-bond donors (Lipinski definition) is 1. The monoisotopic (exact) mass is 287 g/mol. The summed E-state index contributed by atoms with van der Waals surface area (Å²) < 4.78 is 0. The van der Waals surface area contributed by atoms with Crippen LogP contribution in [0.25, 0.3) is 0 Å². The van der Waals surface area contributed by atoms with E-state index in [2.05, 4.69) is 17.4 Å². The lowest BCUT2D eigenvalue weighted by Crippen LogP contribution is -2.43. The normalized spacial score (nSPS) is 25.5. The molecule has 3 rings (SSSR count). The third-order valence-corrected chi connectivity index (χ3v) is 4.34. The Kier molecular flexibility index (Phi) is 3.82. The topological polar surface area (TPSA) is 52.6 Å². The van der Waals surface area contributed by atoms with Crippen LogP contribution in [0.4, 0.5) is 4.79 Å². The van der Waals surface area contributed by atoms with Crippen LogP contribution in [-0.4, -0.2) is 54.5 Å². The fraction of sp³-hybridized carbons (Fsp3) is 0.500. The number of likely N-dealkylation sites (N-methyl/N-ethyl adjacent to an activating group) is 1. The highest BCUT2D eigenvalue weighted by Gasteiger charge is 2.40. The lowest BCUT2D eigenvalue weighted by molar-refractivity contribution is -0.129. The molecule has 21 heavy (non-hydrogen) atoms. The van der Waals surface area contributed by atoms with Crippen LogP contribution in [-0.2, 0) is 4.79 Å². The van der Waals surface area contributed by atoms with Gasteiger partial charge in [-0.25, -0.2) is 4.79 Å². The first kappa shape index (κ1) is 13.9. The maximum Gasteiger partial charge on any atom is 0.317 e. The van der Waals surface area contributed by atoms with Crippen molar-refractivity contribution < 1.29 is 9.59 Å². The number of hydrogen-bond acceptors (Lipinski definition) is 2. The highest BCUT2D eigenvalue weighted by molar-refractivity contribution is 5.79. The lowest BCUT2D eigenvalue weighted by Gasteiger charge is -2.21. The second-order valence-electron chi connectivity index (χ2n) is 5.86. The summed E-state index contributed by atoms with van der Waals surface area (Å²) in [7, 11) is 1.79. The molecule has 0 bridgehead atoms. The maximum atomic E-state index is 12.3. The average molecular weight is 287 g/mol. The van der Waals surface area contributed by atoms with Crippen LogP contribution in [0.2, 0.25) is 0 Å². The van der Waals surface area contributed by atoms with Gasteiger partial charge in [0.15, 0.2) is 0 Å². The Morgan fingerprint density at radius 3 is 2.71 bits per heavy atom. The Balaban J connectivity index is 1.52. The van der Waals surface area contributed by atoms with Gasteiger partial charge in [0.2, 0.25) is 5.91 Å². The number of carbonyl (C=O) groups excluding carboxylic acids is 2. The summed E-state index contributed by atoms with van der Waals surface area (Å²) in [5.41, 5.74) is 1.29. The van der Waals surface area contributed by atoms with E-state index in [1.165, 1.54) is 5.56 Å². The molecule has 1 saturated heterocycles. The minimum Gasteiger partial charge on any atom is -0.344 e. The zero-order valence-electron chi connectivity index (χ0n) is 12.3. The Morgan fingerprint density at radius 2 is 1.95 bits per heavy atom. The Hall–Kier alpha value is -2.04. The molecule has 5 heteroatoms. The fourth-order valence-corrected chi connectivity index (χ4v) is 2.80. The molecule has 2 aliphatic rings. The van der Waals surface area contributed by atoms with Crippen molar-refractivity contribution in [3.63, 3.8) is 0 Å². The minimum atomic E-state index is -0.0402. The Bertz CT molecular complexity index is 532. The van der Waals surface area contributed by atoms with Gasteiger partial charge < -0.3 is 15.1 Å². The van der Waals surface area contributed by atoms with E-state index < -0.39 is 0 Å². The molecule has 1 aromatic carbocycles. The Morgan fingerprint density at radius 1 is 1.19 bits per heavy atom. The van der Waals surface area contributed by atoms with E-state index in [0.29, 0.717) is 32.0 Å². The molecule has 1 heterocycles. The first-order valence-corrected chi connectivity index (χ1v) is 7.49. The van der Waals surface area contributed by atoms with Crippen molar-refractivity contribution in [2.45, 2.75) is 24.8 Å². The summed E-state index contributed by atoms with van der Waals surface area (Å²) in [4.78, 5) is 27.3. The van der Waals surface area contributed by atoms with Crippen molar-refractivity contribution in [1.82, 2.24) is 15.1 Å². The van der Waals surface area contributed by atoms with Crippen LogP contribution in [0.1, 0.15) is 24.3 Å². The first-order valence-electron chi connectivity index (χ1n) is 7.49. The molecule has 1 saturated carbocycles.